The van der Waals surface area contributed by atoms with E-state index >= 15 is 0 Å². The second-order valence-corrected chi connectivity index (χ2v) is 8.63. The number of nitrogens with one attached hydrogen (secondary N) is 2. The van der Waals surface area contributed by atoms with Crippen LogP contribution in [0.15, 0.2) is 34.8 Å². The van der Waals surface area contributed by atoms with Crippen LogP contribution < -0.4 is 20.3 Å². The highest BCUT2D eigenvalue weighted by Gasteiger charge is 2.15. The zero-order valence-electron chi connectivity index (χ0n) is 17.5. The Bertz CT molecular complexity index is 895. The molecule has 2 amide bonds. The summed E-state index contributed by atoms with van der Waals surface area (Å²) in [6.07, 6.45) is 0.870. The number of hydrogen-bond acceptors (Lipinski definition) is 4. The van der Waals surface area contributed by atoms with Crippen LogP contribution in [0.3, 0.4) is 0 Å². The van der Waals surface area contributed by atoms with E-state index in [0.29, 0.717) is 34.6 Å². The summed E-state index contributed by atoms with van der Waals surface area (Å²) in [5.41, 5.74) is 6.79. The third-order valence-corrected chi connectivity index (χ3v) is 5.32. The number of ether oxygens (including phenoxy) is 2. The number of hydrazine groups is 1. The molecule has 2 aromatic rings. The minimum atomic E-state index is -0.495. The number of hydrogen-bond donors (Lipinski definition) is 2. The first-order chi connectivity index (χ1) is 14.2. The maximum atomic E-state index is 12.5. The maximum absolute atomic E-state index is 12.5. The highest BCUT2D eigenvalue weighted by atomic mass is 79.9. The van der Waals surface area contributed by atoms with Crippen LogP contribution in [0.4, 0.5) is 0 Å². The van der Waals surface area contributed by atoms with Gasteiger partial charge in [0, 0.05) is 9.50 Å². The fourth-order valence-corrected chi connectivity index (χ4v) is 3.05. The Hall–Kier alpha value is -2.25. The zero-order chi connectivity index (χ0) is 22.3. The molecule has 0 atom stereocenters. The van der Waals surface area contributed by atoms with Crippen LogP contribution in [0.2, 0.25) is 5.02 Å². The normalized spacial score (nSPS) is 10.6. The first kappa shape index (κ1) is 24.0. The molecule has 0 aliphatic carbocycles. The molecule has 0 saturated carbocycles. The van der Waals surface area contributed by atoms with E-state index in [9.17, 15) is 9.59 Å². The molecule has 2 aromatic carbocycles. The molecule has 0 unspecified atom stereocenters. The Morgan fingerprint density at radius 1 is 1.07 bits per heavy atom. The largest absolute Gasteiger partial charge is 0.493 e. The molecule has 0 aliphatic rings. The predicted molar refractivity (Wildman–Crippen MR) is 121 cm³/mol. The van der Waals surface area contributed by atoms with Gasteiger partial charge in [-0.05, 0) is 67.6 Å². The molecule has 6 nitrogen and oxygen atoms in total. The van der Waals surface area contributed by atoms with Crippen molar-refractivity contribution in [2.24, 2.45) is 5.92 Å². The lowest BCUT2D eigenvalue weighted by molar-refractivity contribution is -0.123. The number of amides is 2. The van der Waals surface area contributed by atoms with Crippen LogP contribution in [-0.4, -0.2) is 25.0 Å². The number of halogens is 2. The number of aryl methyl sites for hydroxylation is 2. The molecular formula is C22H26BrClN2O4. The van der Waals surface area contributed by atoms with E-state index in [0.717, 1.165) is 22.0 Å². The van der Waals surface area contributed by atoms with Crippen LogP contribution >= 0.6 is 27.5 Å². The molecule has 0 radical (unpaired) electrons. The quantitative estimate of drug-likeness (QED) is 0.504. The van der Waals surface area contributed by atoms with Crippen molar-refractivity contribution in [1.29, 1.82) is 0 Å². The van der Waals surface area contributed by atoms with Crippen molar-refractivity contribution in [3.63, 3.8) is 0 Å². The summed E-state index contributed by atoms with van der Waals surface area (Å²) in [5.74, 6) is 0.496. The predicted octanol–water partition coefficient (Wildman–Crippen LogP) is 4.98. The van der Waals surface area contributed by atoms with Gasteiger partial charge in [-0.3, -0.25) is 20.4 Å². The van der Waals surface area contributed by atoms with Crippen molar-refractivity contribution < 1.29 is 19.1 Å². The summed E-state index contributed by atoms with van der Waals surface area (Å²) in [4.78, 5) is 24.6. The first-order valence-corrected chi connectivity index (χ1v) is 10.8. The van der Waals surface area contributed by atoms with Gasteiger partial charge in [0.1, 0.15) is 11.5 Å². The summed E-state index contributed by atoms with van der Waals surface area (Å²) in [6, 6.07) is 8.66. The highest BCUT2D eigenvalue weighted by molar-refractivity contribution is 9.10. The van der Waals surface area contributed by atoms with Gasteiger partial charge in [0.25, 0.3) is 11.8 Å². The van der Waals surface area contributed by atoms with Crippen molar-refractivity contribution in [2.75, 3.05) is 13.2 Å². The maximum Gasteiger partial charge on any atom is 0.276 e. The van der Waals surface area contributed by atoms with Crippen LogP contribution in [0, 0.1) is 19.8 Å². The smallest absolute Gasteiger partial charge is 0.276 e. The van der Waals surface area contributed by atoms with Gasteiger partial charge < -0.3 is 9.47 Å². The summed E-state index contributed by atoms with van der Waals surface area (Å²) < 4.78 is 12.0. The van der Waals surface area contributed by atoms with Gasteiger partial charge in [0.2, 0.25) is 0 Å². The van der Waals surface area contributed by atoms with Gasteiger partial charge in [-0.15, -0.1) is 0 Å². The third-order valence-electron chi connectivity index (χ3n) is 4.23. The fraction of sp³-hybridized carbons (Fsp3) is 0.364. The Labute approximate surface area is 190 Å². The van der Waals surface area contributed by atoms with E-state index in [1.54, 1.807) is 30.3 Å². The molecule has 2 rings (SSSR count). The van der Waals surface area contributed by atoms with Crippen LogP contribution in [0.1, 0.15) is 41.8 Å². The van der Waals surface area contributed by atoms with E-state index < -0.39 is 11.8 Å². The lowest BCUT2D eigenvalue weighted by atomic mass is 10.1. The van der Waals surface area contributed by atoms with Crippen molar-refractivity contribution in [2.45, 2.75) is 34.1 Å². The summed E-state index contributed by atoms with van der Waals surface area (Å²) in [5, 5.41) is 0.666. The molecule has 8 heteroatoms. The number of rotatable bonds is 8. The first-order valence-electron chi connectivity index (χ1n) is 9.58. The molecule has 0 fully saturated rings. The molecule has 2 N–H and O–H groups in total. The van der Waals surface area contributed by atoms with Gasteiger partial charge in [-0.25, -0.2) is 0 Å². The van der Waals surface area contributed by atoms with Crippen LogP contribution in [-0.2, 0) is 4.79 Å². The summed E-state index contributed by atoms with van der Waals surface area (Å²) in [7, 11) is 0. The van der Waals surface area contributed by atoms with Crippen molar-refractivity contribution >= 4 is 39.3 Å². The molecule has 0 bridgehead atoms. The molecule has 0 aliphatic heterocycles. The highest BCUT2D eigenvalue weighted by Crippen LogP contribution is 2.26. The molecule has 0 aromatic heterocycles. The summed E-state index contributed by atoms with van der Waals surface area (Å²) in [6.45, 7) is 8.17. The Morgan fingerprint density at radius 2 is 1.73 bits per heavy atom. The molecular weight excluding hydrogens is 472 g/mol. The monoisotopic (exact) mass is 496 g/mol. The molecule has 0 spiro atoms. The van der Waals surface area contributed by atoms with Crippen molar-refractivity contribution in [3.8, 4) is 11.5 Å². The average molecular weight is 498 g/mol. The SMILES string of the molecule is Cc1cc(OCC(=O)NNC(=O)c2cc(Br)ccc2OCCC(C)C)cc(C)c1Cl. The zero-order valence-corrected chi connectivity index (χ0v) is 19.8. The van der Waals surface area contributed by atoms with E-state index in [1.165, 1.54) is 0 Å². The number of benzene rings is 2. The molecule has 0 heterocycles. The minimum absolute atomic E-state index is 0.253. The second kappa shape index (κ2) is 11.2. The van der Waals surface area contributed by atoms with E-state index in [-0.39, 0.29) is 6.61 Å². The summed E-state index contributed by atoms with van der Waals surface area (Å²) >= 11 is 9.48. The van der Waals surface area contributed by atoms with E-state index in [2.05, 4.69) is 40.6 Å². The van der Waals surface area contributed by atoms with Gasteiger partial charge in [0.15, 0.2) is 6.61 Å². The minimum Gasteiger partial charge on any atom is -0.493 e. The molecule has 0 saturated heterocycles. The average Bonchev–Trinajstić information content (AvgIpc) is 2.69. The third kappa shape index (κ3) is 7.22. The van der Waals surface area contributed by atoms with Gasteiger partial charge in [-0.1, -0.05) is 41.4 Å². The van der Waals surface area contributed by atoms with Crippen LogP contribution in [0.5, 0.6) is 11.5 Å². The Morgan fingerprint density at radius 3 is 2.37 bits per heavy atom. The van der Waals surface area contributed by atoms with E-state index in [4.69, 9.17) is 21.1 Å². The van der Waals surface area contributed by atoms with E-state index in [1.807, 2.05) is 13.8 Å². The van der Waals surface area contributed by atoms with Gasteiger partial charge >= 0.3 is 0 Å². The fourth-order valence-electron chi connectivity index (χ4n) is 2.58. The van der Waals surface area contributed by atoms with Crippen molar-refractivity contribution in [1.82, 2.24) is 10.9 Å². The van der Waals surface area contributed by atoms with Crippen molar-refractivity contribution in [3.05, 3.63) is 56.5 Å². The Balaban J connectivity index is 1.91. The van der Waals surface area contributed by atoms with Gasteiger partial charge in [0.05, 0.1) is 12.2 Å². The lowest BCUT2D eigenvalue weighted by Crippen LogP contribution is -2.44. The molecule has 162 valence electrons. The number of carbonyl (C=O) groups excluding carboxylic acids is 2. The standard InChI is InChI=1S/C22H26BrClN2O4/c1-13(2)7-8-29-19-6-5-16(23)11-18(19)22(28)26-25-20(27)12-30-17-9-14(3)21(24)15(4)10-17/h5-6,9-11,13H,7-8,12H2,1-4H3,(H,25,27)(H,26,28). The second-order valence-electron chi connectivity index (χ2n) is 7.33. The van der Waals surface area contributed by atoms with Crippen LogP contribution in [0.25, 0.3) is 0 Å². The lowest BCUT2D eigenvalue weighted by Gasteiger charge is -2.14. The Kier molecular flexibility index (Phi) is 8.99. The van der Waals surface area contributed by atoms with Gasteiger partial charge in [-0.2, -0.15) is 0 Å². The topological polar surface area (TPSA) is 76.7 Å². The molecule has 30 heavy (non-hydrogen) atoms. The number of carbonyl (C=O) groups is 2.